The van der Waals surface area contributed by atoms with E-state index in [1.165, 1.54) is 11.3 Å². The molecule has 1 aromatic carbocycles. The molecule has 1 atom stereocenters. The van der Waals surface area contributed by atoms with Crippen molar-refractivity contribution in [2.24, 2.45) is 0 Å². The lowest BCUT2D eigenvalue weighted by Crippen LogP contribution is -2.34. The van der Waals surface area contributed by atoms with Gasteiger partial charge in [0.15, 0.2) is 5.13 Å². The molecule has 6 nitrogen and oxygen atoms in total. The first-order valence-electron chi connectivity index (χ1n) is 7.51. The normalized spacial score (nSPS) is 17.0. The summed E-state index contributed by atoms with van der Waals surface area (Å²) in [6.07, 6.45) is 2.19. The maximum atomic E-state index is 11.9. The van der Waals surface area contributed by atoms with E-state index in [0.717, 1.165) is 36.5 Å². The first-order valence-corrected chi connectivity index (χ1v) is 8.39. The Morgan fingerprint density at radius 2 is 2.26 bits per heavy atom. The monoisotopic (exact) mass is 333 g/mol. The maximum Gasteiger partial charge on any atom is 0.321 e. The Morgan fingerprint density at radius 1 is 1.43 bits per heavy atom. The number of hydrogen-bond donors (Lipinski definition) is 2. The molecule has 1 saturated heterocycles. The highest BCUT2D eigenvalue weighted by molar-refractivity contribution is 7.14. The van der Waals surface area contributed by atoms with Gasteiger partial charge in [0.05, 0.1) is 18.9 Å². The van der Waals surface area contributed by atoms with E-state index in [9.17, 15) is 4.79 Å². The van der Waals surface area contributed by atoms with Crippen LogP contribution in [-0.4, -0.2) is 37.4 Å². The summed E-state index contributed by atoms with van der Waals surface area (Å²) in [6.45, 7) is 1.31. The van der Waals surface area contributed by atoms with E-state index >= 15 is 0 Å². The van der Waals surface area contributed by atoms with Gasteiger partial charge in [0.25, 0.3) is 0 Å². The average molecular weight is 333 g/mol. The van der Waals surface area contributed by atoms with Crippen LogP contribution in [0.15, 0.2) is 29.6 Å². The van der Waals surface area contributed by atoms with E-state index < -0.39 is 0 Å². The van der Waals surface area contributed by atoms with Gasteiger partial charge in [0.2, 0.25) is 0 Å². The number of thiazole rings is 1. The maximum absolute atomic E-state index is 11.9. The Balaban J connectivity index is 1.54. The first kappa shape index (κ1) is 15.8. The van der Waals surface area contributed by atoms with E-state index in [4.69, 9.17) is 9.47 Å². The quantitative estimate of drug-likeness (QED) is 0.882. The summed E-state index contributed by atoms with van der Waals surface area (Å²) >= 11 is 1.40. The molecule has 7 heteroatoms. The molecule has 23 heavy (non-hydrogen) atoms. The van der Waals surface area contributed by atoms with Crippen molar-refractivity contribution in [1.82, 2.24) is 10.3 Å². The number of aromatic nitrogens is 1. The molecule has 1 fully saturated rings. The third-order valence-electron chi connectivity index (χ3n) is 3.62. The highest BCUT2D eigenvalue weighted by Crippen LogP contribution is 2.26. The molecule has 0 radical (unpaired) electrons. The minimum absolute atomic E-state index is 0.131. The van der Waals surface area contributed by atoms with E-state index in [1.807, 2.05) is 29.6 Å². The van der Waals surface area contributed by atoms with Gasteiger partial charge in [-0.05, 0) is 37.1 Å². The number of rotatable bonds is 5. The third kappa shape index (κ3) is 4.20. The smallest absolute Gasteiger partial charge is 0.321 e. The number of nitrogens with one attached hydrogen (secondary N) is 2. The van der Waals surface area contributed by atoms with Crippen LogP contribution >= 0.6 is 11.3 Å². The average Bonchev–Trinajstić information content (AvgIpc) is 3.25. The molecule has 0 saturated carbocycles. The molecule has 2 amide bonds. The van der Waals surface area contributed by atoms with Gasteiger partial charge < -0.3 is 14.8 Å². The fraction of sp³-hybridized carbons (Fsp3) is 0.375. The van der Waals surface area contributed by atoms with Crippen molar-refractivity contribution in [2.45, 2.75) is 18.9 Å². The predicted molar refractivity (Wildman–Crippen MR) is 90.1 cm³/mol. The number of ether oxygens (including phenoxy) is 2. The minimum atomic E-state index is -0.254. The highest BCUT2D eigenvalue weighted by Gasteiger charge is 2.16. The van der Waals surface area contributed by atoms with Crippen LogP contribution in [0.25, 0.3) is 11.3 Å². The minimum Gasteiger partial charge on any atom is -0.497 e. The molecule has 0 unspecified atom stereocenters. The van der Waals surface area contributed by atoms with E-state index in [1.54, 1.807) is 7.11 Å². The first-order chi connectivity index (χ1) is 11.2. The Kier molecular flexibility index (Phi) is 5.09. The molecule has 0 spiro atoms. The van der Waals surface area contributed by atoms with Crippen LogP contribution in [0.4, 0.5) is 9.93 Å². The summed E-state index contributed by atoms with van der Waals surface area (Å²) in [5.41, 5.74) is 1.81. The van der Waals surface area contributed by atoms with Crippen LogP contribution in [0.3, 0.4) is 0 Å². The van der Waals surface area contributed by atoms with Gasteiger partial charge in [-0.3, -0.25) is 5.32 Å². The van der Waals surface area contributed by atoms with Gasteiger partial charge in [0, 0.05) is 24.1 Å². The number of hydrogen-bond acceptors (Lipinski definition) is 5. The Bertz CT molecular complexity index is 651. The Hall–Kier alpha value is -2.12. The lowest BCUT2D eigenvalue weighted by Gasteiger charge is -2.10. The van der Waals surface area contributed by atoms with Crippen LogP contribution in [0.2, 0.25) is 0 Å². The number of amides is 2. The SMILES string of the molecule is COc1ccc(-c2csc(NC(=O)NC[C@H]3CCCO3)n2)cc1. The van der Waals surface area contributed by atoms with Crippen molar-refractivity contribution in [3.05, 3.63) is 29.6 Å². The van der Waals surface area contributed by atoms with Crippen molar-refractivity contribution in [3.8, 4) is 17.0 Å². The molecule has 1 aliphatic rings. The second kappa shape index (κ2) is 7.43. The molecule has 2 heterocycles. The highest BCUT2D eigenvalue weighted by atomic mass is 32.1. The van der Waals surface area contributed by atoms with Crippen molar-refractivity contribution >= 4 is 22.5 Å². The standard InChI is InChI=1S/C16H19N3O3S/c1-21-12-6-4-11(5-7-12)14-10-23-16(18-14)19-15(20)17-9-13-3-2-8-22-13/h4-7,10,13H,2-3,8-9H2,1H3,(H2,17,18,19,20)/t13-/m1/s1. The summed E-state index contributed by atoms with van der Waals surface area (Å²) in [6, 6.07) is 7.40. The van der Waals surface area contributed by atoms with E-state index in [0.29, 0.717) is 11.7 Å². The number of methoxy groups -OCH3 is 1. The molecular formula is C16H19N3O3S. The van der Waals surface area contributed by atoms with Gasteiger partial charge >= 0.3 is 6.03 Å². The van der Waals surface area contributed by atoms with Gasteiger partial charge in [-0.25, -0.2) is 9.78 Å². The molecule has 3 rings (SSSR count). The number of carbonyl (C=O) groups is 1. The van der Waals surface area contributed by atoms with E-state index in [-0.39, 0.29) is 12.1 Å². The van der Waals surface area contributed by atoms with Crippen LogP contribution in [0.1, 0.15) is 12.8 Å². The molecule has 0 bridgehead atoms. The van der Waals surface area contributed by atoms with Gasteiger partial charge in [-0.2, -0.15) is 0 Å². The molecule has 1 aromatic heterocycles. The second-order valence-electron chi connectivity index (χ2n) is 5.24. The van der Waals surface area contributed by atoms with Crippen LogP contribution in [0, 0.1) is 0 Å². The fourth-order valence-corrected chi connectivity index (χ4v) is 3.09. The zero-order valence-electron chi connectivity index (χ0n) is 12.9. The topological polar surface area (TPSA) is 72.5 Å². The summed E-state index contributed by atoms with van der Waals surface area (Å²) in [5, 5.41) is 8.05. The molecule has 0 aliphatic carbocycles. The van der Waals surface area contributed by atoms with Crippen molar-refractivity contribution in [1.29, 1.82) is 0 Å². The molecule has 122 valence electrons. The predicted octanol–water partition coefficient (Wildman–Crippen LogP) is 3.12. The number of carbonyl (C=O) groups excluding carboxylic acids is 1. The Morgan fingerprint density at radius 3 is 2.96 bits per heavy atom. The zero-order valence-corrected chi connectivity index (χ0v) is 13.7. The molecule has 2 N–H and O–H groups in total. The molecule has 1 aliphatic heterocycles. The van der Waals surface area contributed by atoms with Crippen molar-refractivity contribution < 1.29 is 14.3 Å². The van der Waals surface area contributed by atoms with Crippen LogP contribution in [0.5, 0.6) is 5.75 Å². The number of nitrogens with zero attached hydrogens (tertiary/aromatic N) is 1. The summed E-state index contributed by atoms with van der Waals surface area (Å²) in [5.74, 6) is 0.802. The van der Waals surface area contributed by atoms with Crippen LogP contribution < -0.4 is 15.4 Å². The lowest BCUT2D eigenvalue weighted by molar-refractivity contribution is 0.112. The number of anilines is 1. The zero-order chi connectivity index (χ0) is 16.1. The van der Waals surface area contributed by atoms with Crippen molar-refractivity contribution in [3.63, 3.8) is 0 Å². The summed E-state index contributed by atoms with van der Waals surface area (Å²) < 4.78 is 10.6. The van der Waals surface area contributed by atoms with E-state index in [2.05, 4.69) is 15.6 Å². The lowest BCUT2D eigenvalue weighted by atomic mass is 10.2. The van der Waals surface area contributed by atoms with Gasteiger partial charge in [-0.1, -0.05) is 0 Å². The number of urea groups is 1. The largest absolute Gasteiger partial charge is 0.497 e. The summed E-state index contributed by atoms with van der Waals surface area (Å²) in [7, 11) is 1.63. The number of benzene rings is 1. The van der Waals surface area contributed by atoms with Crippen LogP contribution in [-0.2, 0) is 4.74 Å². The third-order valence-corrected chi connectivity index (χ3v) is 4.38. The molecule has 2 aromatic rings. The second-order valence-corrected chi connectivity index (χ2v) is 6.09. The summed E-state index contributed by atoms with van der Waals surface area (Å²) in [4.78, 5) is 16.3. The molecular weight excluding hydrogens is 314 g/mol. The Labute approximate surface area is 138 Å². The van der Waals surface area contributed by atoms with Gasteiger partial charge in [-0.15, -0.1) is 11.3 Å². The fourth-order valence-electron chi connectivity index (χ4n) is 2.38. The van der Waals surface area contributed by atoms with Crippen molar-refractivity contribution in [2.75, 3.05) is 25.6 Å². The van der Waals surface area contributed by atoms with Gasteiger partial charge in [0.1, 0.15) is 5.75 Å².